The third-order valence-corrected chi connectivity index (χ3v) is 2.82. The molecule has 0 atom stereocenters. The molecule has 0 fully saturated rings. The molecule has 0 heterocycles. The second kappa shape index (κ2) is 10.5. The highest BCUT2D eigenvalue weighted by Gasteiger charge is 2.06. The lowest BCUT2D eigenvalue weighted by Gasteiger charge is -2.13. The molecule has 0 amide bonds. The minimum absolute atomic E-state index is 0.616. The molecule has 0 saturated carbocycles. The molecule has 0 aliphatic carbocycles. The number of benzene rings is 1. The van der Waals surface area contributed by atoms with E-state index in [4.69, 9.17) is 19.9 Å². The molecular weight excluding hydrogens is 254 g/mol. The fourth-order valence-corrected chi connectivity index (χ4v) is 1.83. The molecule has 114 valence electrons. The van der Waals surface area contributed by atoms with Gasteiger partial charge in [-0.3, -0.25) is 0 Å². The van der Waals surface area contributed by atoms with Crippen LogP contribution in [0, 0.1) is 0 Å². The van der Waals surface area contributed by atoms with Crippen molar-refractivity contribution in [2.75, 3.05) is 33.0 Å². The summed E-state index contributed by atoms with van der Waals surface area (Å²) in [7, 11) is 0. The average Bonchev–Trinajstić information content (AvgIpc) is 2.47. The van der Waals surface area contributed by atoms with Gasteiger partial charge in [0.2, 0.25) is 0 Å². The predicted octanol–water partition coefficient (Wildman–Crippen LogP) is 2.78. The molecule has 1 aromatic rings. The van der Waals surface area contributed by atoms with E-state index in [1.807, 2.05) is 25.1 Å². The summed E-state index contributed by atoms with van der Waals surface area (Å²) < 4.78 is 16.8. The van der Waals surface area contributed by atoms with Crippen molar-refractivity contribution in [1.29, 1.82) is 0 Å². The summed E-state index contributed by atoms with van der Waals surface area (Å²) in [4.78, 5) is 0. The summed E-state index contributed by atoms with van der Waals surface area (Å²) >= 11 is 0. The fourth-order valence-electron chi connectivity index (χ4n) is 1.83. The Morgan fingerprint density at radius 2 is 1.90 bits per heavy atom. The molecule has 20 heavy (non-hydrogen) atoms. The molecule has 1 rings (SSSR count). The van der Waals surface area contributed by atoms with Gasteiger partial charge in [0.15, 0.2) is 0 Å². The van der Waals surface area contributed by atoms with Gasteiger partial charge in [-0.15, -0.1) is 0 Å². The van der Waals surface area contributed by atoms with Crippen LogP contribution in [-0.2, 0) is 11.2 Å². The van der Waals surface area contributed by atoms with Gasteiger partial charge in [-0.1, -0.05) is 13.0 Å². The first-order valence-corrected chi connectivity index (χ1v) is 7.48. The molecule has 1 aromatic carbocycles. The summed E-state index contributed by atoms with van der Waals surface area (Å²) in [6, 6.07) is 5.98. The Bertz CT molecular complexity index is 369. The first-order valence-electron chi connectivity index (χ1n) is 7.48. The number of ether oxygens (including phenoxy) is 3. The minimum Gasteiger partial charge on any atom is -0.493 e. The van der Waals surface area contributed by atoms with Gasteiger partial charge in [-0.25, -0.2) is 0 Å². The van der Waals surface area contributed by atoms with Gasteiger partial charge in [-0.05, 0) is 37.9 Å². The molecule has 0 saturated heterocycles. The molecular formula is C16H27NO3. The van der Waals surface area contributed by atoms with Gasteiger partial charge in [-0.2, -0.15) is 0 Å². The Hall–Kier alpha value is -1.26. The lowest BCUT2D eigenvalue weighted by Crippen LogP contribution is -2.08. The van der Waals surface area contributed by atoms with Gasteiger partial charge in [0.05, 0.1) is 13.2 Å². The van der Waals surface area contributed by atoms with E-state index in [2.05, 4.69) is 6.92 Å². The van der Waals surface area contributed by atoms with Gasteiger partial charge >= 0.3 is 0 Å². The smallest absolute Gasteiger partial charge is 0.126 e. The van der Waals surface area contributed by atoms with Gasteiger partial charge in [0.25, 0.3) is 0 Å². The Kier molecular flexibility index (Phi) is 8.83. The van der Waals surface area contributed by atoms with Crippen LogP contribution in [0.4, 0.5) is 0 Å². The van der Waals surface area contributed by atoms with E-state index >= 15 is 0 Å². The molecule has 4 heteroatoms. The van der Waals surface area contributed by atoms with Crippen LogP contribution in [0.15, 0.2) is 18.2 Å². The average molecular weight is 281 g/mol. The van der Waals surface area contributed by atoms with E-state index in [-0.39, 0.29) is 0 Å². The maximum atomic E-state index is 5.84. The van der Waals surface area contributed by atoms with E-state index in [1.165, 1.54) is 0 Å². The van der Waals surface area contributed by atoms with Crippen molar-refractivity contribution in [1.82, 2.24) is 0 Å². The van der Waals surface area contributed by atoms with Crippen molar-refractivity contribution in [3.05, 3.63) is 23.8 Å². The molecule has 0 spiro atoms. The van der Waals surface area contributed by atoms with E-state index in [0.717, 1.165) is 56.1 Å². The molecule has 0 aromatic heterocycles. The quantitative estimate of drug-likeness (QED) is 0.634. The van der Waals surface area contributed by atoms with Crippen molar-refractivity contribution in [3.8, 4) is 11.5 Å². The Balaban J connectivity index is 2.57. The van der Waals surface area contributed by atoms with Crippen LogP contribution in [0.2, 0.25) is 0 Å². The maximum absolute atomic E-state index is 5.84. The summed E-state index contributed by atoms with van der Waals surface area (Å²) in [5, 5.41) is 0. The first-order chi connectivity index (χ1) is 9.81. The van der Waals surface area contributed by atoms with Crippen LogP contribution in [-0.4, -0.2) is 33.0 Å². The highest BCUT2D eigenvalue weighted by atomic mass is 16.5. The zero-order valence-corrected chi connectivity index (χ0v) is 12.7. The number of hydrogen-bond donors (Lipinski definition) is 1. The van der Waals surface area contributed by atoms with E-state index in [1.54, 1.807) is 0 Å². The van der Waals surface area contributed by atoms with Gasteiger partial charge in [0, 0.05) is 25.7 Å². The molecule has 0 unspecified atom stereocenters. The number of rotatable bonds is 11. The number of nitrogens with two attached hydrogens (primary N) is 1. The molecule has 0 aliphatic rings. The largest absolute Gasteiger partial charge is 0.493 e. The summed E-state index contributed by atoms with van der Waals surface area (Å²) in [5.74, 6) is 1.73. The highest BCUT2D eigenvalue weighted by molar-refractivity contribution is 5.41. The summed E-state index contributed by atoms with van der Waals surface area (Å²) in [6.07, 6.45) is 2.69. The second-order valence-corrected chi connectivity index (χ2v) is 4.56. The van der Waals surface area contributed by atoms with Crippen molar-refractivity contribution >= 4 is 0 Å². The SMILES string of the molecule is CCCOc1ccc(CCN)c(OCCCOCC)c1. The van der Waals surface area contributed by atoms with Crippen LogP contribution in [0.5, 0.6) is 11.5 Å². The summed E-state index contributed by atoms with van der Waals surface area (Å²) in [5.41, 5.74) is 6.77. The maximum Gasteiger partial charge on any atom is 0.126 e. The topological polar surface area (TPSA) is 53.7 Å². The van der Waals surface area contributed by atoms with E-state index in [0.29, 0.717) is 13.2 Å². The zero-order valence-electron chi connectivity index (χ0n) is 12.7. The Labute approximate surface area is 122 Å². The van der Waals surface area contributed by atoms with Crippen molar-refractivity contribution in [2.45, 2.75) is 33.1 Å². The third kappa shape index (κ3) is 6.26. The third-order valence-electron chi connectivity index (χ3n) is 2.82. The monoisotopic (exact) mass is 281 g/mol. The van der Waals surface area contributed by atoms with Crippen molar-refractivity contribution in [2.24, 2.45) is 5.73 Å². The molecule has 0 radical (unpaired) electrons. The Morgan fingerprint density at radius 1 is 1.05 bits per heavy atom. The fraction of sp³-hybridized carbons (Fsp3) is 0.625. The number of hydrogen-bond acceptors (Lipinski definition) is 4. The molecule has 0 bridgehead atoms. The van der Waals surface area contributed by atoms with Crippen LogP contribution >= 0.6 is 0 Å². The van der Waals surface area contributed by atoms with Crippen LogP contribution in [0.1, 0.15) is 32.3 Å². The zero-order chi connectivity index (χ0) is 14.6. The van der Waals surface area contributed by atoms with Crippen molar-refractivity contribution in [3.63, 3.8) is 0 Å². The standard InChI is InChI=1S/C16H27NO3/c1-3-10-19-15-7-6-14(8-9-17)16(13-15)20-12-5-11-18-4-2/h6-7,13H,3-5,8-12,17H2,1-2H3. The molecule has 0 aliphatic heterocycles. The normalized spacial score (nSPS) is 10.6. The lowest BCUT2D eigenvalue weighted by atomic mass is 10.1. The van der Waals surface area contributed by atoms with Crippen LogP contribution < -0.4 is 15.2 Å². The van der Waals surface area contributed by atoms with E-state index < -0.39 is 0 Å². The second-order valence-electron chi connectivity index (χ2n) is 4.56. The van der Waals surface area contributed by atoms with Crippen LogP contribution in [0.25, 0.3) is 0 Å². The van der Waals surface area contributed by atoms with Gasteiger partial charge in [0.1, 0.15) is 11.5 Å². The molecule has 2 N–H and O–H groups in total. The van der Waals surface area contributed by atoms with Crippen LogP contribution in [0.3, 0.4) is 0 Å². The highest BCUT2D eigenvalue weighted by Crippen LogP contribution is 2.25. The summed E-state index contributed by atoms with van der Waals surface area (Å²) in [6.45, 7) is 7.55. The lowest BCUT2D eigenvalue weighted by molar-refractivity contribution is 0.130. The van der Waals surface area contributed by atoms with E-state index in [9.17, 15) is 0 Å². The predicted molar refractivity (Wildman–Crippen MR) is 81.6 cm³/mol. The first kappa shape index (κ1) is 16.8. The van der Waals surface area contributed by atoms with Crippen molar-refractivity contribution < 1.29 is 14.2 Å². The molecule has 4 nitrogen and oxygen atoms in total. The minimum atomic E-state index is 0.616. The van der Waals surface area contributed by atoms with Gasteiger partial charge < -0.3 is 19.9 Å². The Morgan fingerprint density at radius 3 is 2.60 bits per heavy atom.